The van der Waals surface area contributed by atoms with Crippen LogP contribution in [-0.2, 0) is 4.79 Å². The molecule has 6 nitrogen and oxygen atoms in total. The highest BCUT2D eigenvalue weighted by Crippen LogP contribution is 2.04. The summed E-state index contributed by atoms with van der Waals surface area (Å²) in [6, 6.07) is -1.24. The van der Waals surface area contributed by atoms with Crippen molar-refractivity contribution in [2.75, 3.05) is 26.2 Å². The minimum Gasteiger partial charge on any atom is -0.480 e. The van der Waals surface area contributed by atoms with Gasteiger partial charge in [0.2, 0.25) is 0 Å². The topological polar surface area (TPSA) is 81.7 Å². The molecule has 0 aliphatic carbocycles. The molecule has 0 heterocycles. The van der Waals surface area contributed by atoms with Crippen LogP contribution in [0.15, 0.2) is 0 Å². The number of hydrogen-bond acceptors (Lipinski definition) is 3. The second-order valence-corrected chi connectivity index (χ2v) is 5.35. The summed E-state index contributed by atoms with van der Waals surface area (Å²) in [4.78, 5) is 24.9. The van der Waals surface area contributed by atoms with Gasteiger partial charge in [-0.2, -0.15) is 0 Å². The number of nitrogens with one attached hydrogen (secondary N) is 2. The lowest BCUT2D eigenvalue weighted by Crippen LogP contribution is -2.48. The fourth-order valence-corrected chi connectivity index (χ4v) is 1.97. The van der Waals surface area contributed by atoms with Crippen LogP contribution in [0.25, 0.3) is 0 Å². The van der Waals surface area contributed by atoms with E-state index in [1.165, 1.54) is 0 Å². The Balaban J connectivity index is 4.04. The van der Waals surface area contributed by atoms with Crippen molar-refractivity contribution in [3.05, 3.63) is 0 Å². The van der Waals surface area contributed by atoms with Crippen molar-refractivity contribution in [1.82, 2.24) is 15.5 Å². The van der Waals surface area contributed by atoms with Crippen molar-refractivity contribution in [3.63, 3.8) is 0 Å². The van der Waals surface area contributed by atoms with E-state index in [-0.39, 0.29) is 5.92 Å². The molecular formula is C14H29N3O3. The van der Waals surface area contributed by atoms with Crippen LogP contribution in [-0.4, -0.2) is 54.2 Å². The fraction of sp³-hybridized carbons (Fsp3) is 0.857. The molecule has 0 bridgehead atoms. The number of likely N-dealkylation sites (N-methyl/N-ethyl adjacent to an activating group) is 1. The lowest BCUT2D eigenvalue weighted by Gasteiger charge is -2.20. The first kappa shape index (κ1) is 18.7. The van der Waals surface area contributed by atoms with Crippen LogP contribution >= 0.6 is 0 Å². The minimum atomic E-state index is -0.991. The monoisotopic (exact) mass is 287 g/mol. The van der Waals surface area contributed by atoms with Crippen molar-refractivity contribution in [3.8, 4) is 0 Å². The first-order valence-corrected chi connectivity index (χ1v) is 7.40. The summed E-state index contributed by atoms with van der Waals surface area (Å²) in [6.07, 6.45) is 1.51. The second kappa shape index (κ2) is 10.5. The number of carbonyl (C=O) groups excluding carboxylic acids is 1. The van der Waals surface area contributed by atoms with Gasteiger partial charge in [-0.05, 0) is 31.8 Å². The number of rotatable bonds is 10. The Morgan fingerprint density at radius 3 is 2.30 bits per heavy atom. The van der Waals surface area contributed by atoms with Gasteiger partial charge in [0.25, 0.3) is 0 Å². The van der Waals surface area contributed by atoms with Gasteiger partial charge in [0.05, 0.1) is 0 Å². The van der Waals surface area contributed by atoms with Gasteiger partial charge in [0.15, 0.2) is 0 Å². The van der Waals surface area contributed by atoms with Gasteiger partial charge in [-0.1, -0.05) is 27.7 Å². The standard InChI is InChI=1S/C14H29N3O3/c1-5-8-17(6-2)9-7-15-14(20)16-12(13(18)19)10-11(3)4/h11-12H,5-10H2,1-4H3,(H,18,19)(H2,15,16,20)/t12-/m1/s1. The maximum absolute atomic E-state index is 11.7. The Kier molecular flexibility index (Phi) is 9.80. The van der Waals surface area contributed by atoms with E-state index in [1.807, 2.05) is 13.8 Å². The first-order chi connectivity index (χ1) is 9.40. The van der Waals surface area contributed by atoms with Gasteiger partial charge < -0.3 is 20.6 Å². The molecule has 0 spiro atoms. The predicted molar refractivity (Wildman–Crippen MR) is 79.8 cm³/mol. The highest BCUT2D eigenvalue weighted by Gasteiger charge is 2.20. The van der Waals surface area contributed by atoms with Crippen LogP contribution < -0.4 is 10.6 Å². The van der Waals surface area contributed by atoms with Gasteiger partial charge in [-0.3, -0.25) is 0 Å². The Hall–Kier alpha value is -1.30. The molecule has 0 aliphatic heterocycles. The summed E-state index contributed by atoms with van der Waals surface area (Å²) in [6.45, 7) is 11.3. The number of hydrogen-bond donors (Lipinski definition) is 3. The molecule has 0 unspecified atom stereocenters. The molecule has 0 saturated heterocycles. The normalized spacial score (nSPS) is 12.5. The third-order valence-electron chi connectivity index (χ3n) is 3.01. The van der Waals surface area contributed by atoms with Crippen LogP contribution in [0.2, 0.25) is 0 Å². The Labute approximate surface area is 121 Å². The minimum absolute atomic E-state index is 0.219. The number of nitrogens with zero attached hydrogens (tertiary/aromatic N) is 1. The quantitative estimate of drug-likeness (QED) is 0.569. The Morgan fingerprint density at radius 1 is 1.20 bits per heavy atom. The maximum Gasteiger partial charge on any atom is 0.326 e. The Morgan fingerprint density at radius 2 is 1.85 bits per heavy atom. The van der Waals surface area contributed by atoms with Crippen molar-refractivity contribution < 1.29 is 14.7 Å². The molecule has 0 aromatic heterocycles. The van der Waals surface area contributed by atoms with Crippen LogP contribution in [0.3, 0.4) is 0 Å². The van der Waals surface area contributed by atoms with Crippen LogP contribution in [0, 0.1) is 5.92 Å². The molecule has 0 fully saturated rings. The molecule has 0 rings (SSSR count). The highest BCUT2D eigenvalue weighted by molar-refractivity contribution is 5.82. The predicted octanol–water partition coefficient (Wildman–Crippen LogP) is 1.52. The average Bonchev–Trinajstić information content (AvgIpc) is 2.36. The third kappa shape index (κ3) is 8.74. The molecule has 0 aliphatic rings. The van der Waals surface area contributed by atoms with E-state index in [9.17, 15) is 9.59 Å². The molecule has 0 aromatic carbocycles. The summed E-state index contributed by atoms with van der Waals surface area (Å²) in [5.41, 5.74) is 0. The molecule has 0 aromatic rings. The van der Waals surface area contributed by atoms with E-state index in [0.717, 1.165) is 26.1 Å². The number of carboxylic acids is 1. The van der Waals surface area contributed by atoms with Crippen LogP contribution in [0.5, 0.6) is 0 Å². The second-order valence-electron chi connectivity index (χ2n) is 5.35. The molecule has 6 heteroatoms. The number of urea groups is 1. The van der Waals surface area contributed by atoms with E-state index >= 15 is 0 Å². The van der Waals surface area contributed by atoms with Gasteiger partial charge in [-0.15, -0.1) is 0 Å². The molecule has 0 saturated carbocycles. The largest absolute Gasteiger partial charge is 0.480 e. The zero-order chi connectivity index (χ0) is 15.5. The van der Waals surface area contributed by atoms with Crippen LogP contribution in [0.4, 0.5) is 4.79 Å². The van der Waals surface area contributed by atoms with Crippen molar-refractivity contribution in [2.45, 2.75) is 46.6 Å². The number of aliphatic carboxylic acids is 1. The van der Waals surface area contributed by atoms with Gasteiger partial charge in [0, 0.05) is 13.1 Å². The molecule has 3 N–H and O–H groups in total. The zero-order valence-corrected chi connectivity index (χ0v) is 13.1. The molecular weight excluding hydrogens is 258 g/mol. The lowest BCUT2D eigenvalue weighted by atomic mass is 10.0. The average molecular weight is 287 g/mol. The van der Waals surface area contributed by atoms with E-state index in [4.69, 9.17) is 5.11 Å². The zero-order valence-electron chi connectivity index (χ0n) is 13.1. The van der Waals surface area contributed by atoms with Crippen molar-refractivity contribution >= 4 is 12.0 Å². The van der Waals surface area contributed by atoms with Crippen molar-refractivity contribution in [2.24, 2.45) is 5.92 Å². The van der Waals surface area contributed by atoms with Gasteiger partial charge in [0.1, 0.15) is 6.04 Å². The fourth-order valence-electron chi connectivity index (χ4n) is 1.97. The number of carboxylic acid groups (broad SMARTS) is 1. The lowest BCUT2D eigenvalue weighted by molar-refractivity contribution is -0.139. The van der Waals surface area contributed by atoms with E-state index < -0.39 is 18.0 Å². The SMILES string of the molecule is CCCN(CC)CCNC(=O)N[C@H](CC(C)C)C(=O)O. The summed E-state index contributed by atoms with van der Waals surface area (Å²) < 4.78 is 0. The van der Waals surface area contributed by atoms with E-state index in [1.54, 1.807) is 0 Å². The van der Waals surface area contributed by atoms with E-state index in [0.29, 0.717) is 13.0 Å². The molecule has 20 heavy (non-hydrogen) atoms. The smallest absolute Gasteiger partial charge is 0.326 e. The number of carbonyl (C=O) groups is 2. The first-order valence-electron chi connectivity index (χ1n) is 7.40. The summed E-state index contributed by atoms with van der Waals surface area (Å²) >= 11 is 0. The maximum atomic E-state index is 11.7. The Bertz CT molecular complexity index is 295. The molecule has 2 amide bonds. The molecule has 118 valence electrons. The third-order valence-corrected chi connectivity index (χ3v) is 3.01. The van der Waals surface area contributed by atoms with E-state index in [2.05, 4.69) is 29.4 Å². The summed E-state index contributed by atoms with van der Waals surface area (Å²) in [7, 11) is 0. The summed E-state index contributed by atoms with van der Waals surface area (Å²) in [5.74, 6) is -0.772. The van der Waals surface area contributed by atoms with Gasteiger partial charge in [-0.25, -0.2) is 9.59 Å². The summed E-state index contributed by atoms with van der Waals surface area (Å²) in [5, 5.41) is 14.3. The van der Waals surface area contributed by atoms with Crippen LogP contribution in [0.1, 0.15) is 40.5 Å². The highest BCUT2D eigenvalue weighted by atomic mass is 16.4. The van der Waals surface area contributed by atoms with Crippen molar-refractivity contribution in [1.29, 1.82) is 0 Å². The molecule has 1 atom stereocenters. The number of amides is 2. The molecule has 0 radical (unpaired) electrons. The van der Waals surface area contributed by atoms with Gasteiger partial charge >= 0.3 is 12.0 Å².